The van der Waals surface area contributed by atoms with E-state index in [4.69, 9.17) is 0 Å². The summed E-state index contributed by atoms with van der Waals surface area (Å²) in [6.45, 7) is 0. The fourth-order valence-corrected chi connectivity index (χ4v) is 2.44. The van der Waals surface area contributed by atoms with E-state index < -0.39 is 28.5 Å². The number of benzene rings is 4. The predicted molar refractivity (Wildman–Crippen MR) is 277 cm³/mol. The molecule has 0 saturated heterocycles. The van der Waals surface area contributed by atoms with E-state index in [1.807, 2.05) is 0 Å². The molecule has 0 heterocycles. The molecule has 4 aromatic carbocycles. The number of hydrogen-bond donors (Lipinski definition) is 8. The highest BCUT2D eigenvalue weighted by atomic mass is 16.4. The molecule has 0 bridgehead atoms. The van der Waals surface area contributed by atoms with Crippen LogP contribution in [0.1, 0.15) is 0 Å². The minimum Gasteiger partial charge on any atom is -0.889 e. The van der Waals surface area contributed by atoms with E-state index >= 15 is 0 Å². The lowest BCUT2D eigenvalue weighted by molar-refractivity contribution is -0.836. The molecule has 68 heavy (non-hydrogen) atoms. The molecule has 20 heteroatoms. The van der Waals surface area contributed by atoms with Gasteiger partial charge in [-0.3, -0.25) is 0 Å². The molecule has 0 aromatic heterocycles. The summed E-state index contributed by atoms with van der Waals surface area (Å²) < 4.78 is 0. The molecule has 0 aliphatic rings. The third-order valence-corrected chi connectivity index (χ3v) is 4.29. The molecule has 0 aliphatic carbocycles. The van der Waals surface area contributed by atoms with Gasteiger partial charge in [0.15, 0.2) is 0 Å². The molecule has 0 aliphatic heterocycles. The van der Waals surface area contributed by atoms with Crippen LogP contribution in [0.3, 0.4) is 0 Å². The summed E-state index contributed by atoms with van der Waals surface area (Å²) in [7, 11) is 42.6. The van der Waals surface area contributed by atoms with Gasteiger partial charge in [0.25, 0.3) is 0 Å². The summed E-state index contributed by atoms with van der Waals surface area (Å²) in [5.41, 5.74) is 1.21. The predicted octanol–water partition coefficient (Wildman–Crippen LogP) is -17.5. The SMILES string of the molecule is C[NH+](C)C.C[NH+](C)C.C[NH+](C)C.C[NH+](C)C.C[NH+](C)C.C[NH+](C)C.C[NH+](C)C.C[NH+](C)C.[O-]B([O-])c1ccccc1.[O-]B([O-])c1ccccc1.[O-]B([O-])c1ccccc1.[O-]B([O-])c1ccccc1. The maximum absolute atomic E-state index is 10.2. The van der Waals surface area contributed by atoms with E-state index in [-0.39, 0.29) is 0 Å². The molecule has 16 nitrogen and oxygen atoms in total. The van der Waals surface area contributed by atoms with Gasteiger partial charge < -0.3 is 79.4 Å². The highest BCUT2D eigenvalue weighted by molar-refractivity contribution is 6.56. The zero-order chi connectivity index (χ0) is 55.4. The Hall–Kier alpha value is -3.50. The van der Waals surface area contributed by atoms with Crippen LogP contribution in [0, 0.1) is 0 Å². The quantitative estimate of drug-likeness (QED) is 0.0918. The van der Waals surface area contributed by atoms with Gasteiger partial charge in [0, 0.05) is 0 Å². The van der Waals surface area contributed by atoms with Crippen LogP contribution in [0.15, 0.2) is 121 Å². The van der Waals surface area contributed by atoms with Gasteiger partial charge in [-0.15, -0.1) is 21.9 Å². The third-order valence-electron chi connectivity index (χ3n) is 4.29. The number of quaternary nitrogens is 8. The number of nitrogens with one attached hydrogen (secondary N) is 8. The molecule has 4 aromatic rings. The van der Waals surface area contributed by atoms with Crippen LogP contribution < -0.4 is 101 Å². The van der Waals surface area contributed by atoms with E-state index in [1.54, 1.807) is 72.8 Å². The first kappa shape index (κ1) is 81.5. The molecule has 4 rings (SSSR count). The van der Waals surface area contributed by atoms with Gasteiger partial charge in [0.05, 0.1) is 169 Å². The lowest BCUT2D eigenvalue weighted by Gasteiger charge is -2.26. The van der Waals surface area contributed by atoms with Crippen molar-refractivity contribution >= 4 is 50.3 Å². The summed E-state index contributed by atoms with van der Waals surface area (Å²) in [6.07, 6.45) is 0. The van der Waals surface area contributed by atoms with Gasteiger partial charge in [-0.05, 0) is 0 Å². The van der Waals surface area contributed by atoms with Crippen LogP contribution >= 0.6 is 0 Å². The third kappa shape index (κ3) is 119. The Morgan fingerprint density at radius 2 is 0.265 bits per heavy atom. The van der Waals surface area contributed by atoms with Crippen molar-refractivity contribution in [1.82, 2.24) is 0 Å². The summed E-state index contributed by atoms with van der Waals surface area (Å²) >= 11 is 0. The Bertz CT molecular complexity index is 1190. The van der Waals surface area contributed by atoms with Crippen molar-refractivity contribution < 1.29 is 79.4 Å². The Morgan fingerprint density at radius 1 is 0.191 bits per heavy atom. The van der Waals surface area contributed by atoms with Crippen molar-refractivity contribution in [3.05, 3.63) is 121 Å². The van der Waals surface area contributed by atoms with Crippen LogP contribution in [-0.4, -0.2) is 198 Å². The van der Waals surface area contributed by atoms with Gasteiger partial charge >= 0.3 is 0 Å². The molecule has 392 valence electrons. The molecular weight excluding hydrogens is 860 g/mol. The highest BCUT2D eigenvalue weighted by Gasteiger charge is 1.83. The Morgan fingerprint density at radius 3 is 0.309 bits per heavy atom. The van der Waals surface area contributed by atoms with E-state index in [2.05, 4.69) is 169 Å². The van der Waals surface area contributed by atoms with Crippen molar-refractivity contribution in [2.75, 3.05) is 169 Å². The van der Waals surface area contributed by atoms with Gasteiger partial charge in [-0.2, -0.15) is 0 Å². The fourth-order valence-electron chi connectivity index (χ4n) is 2.44. The van der Waals surface area contributed by atoms with E-state index in [1.165, 1.54) is 87.7 Å². The van der Waals surface area contributed by atoms with Crippen molar-refractivity contribution in [1.29, 1.82) is 0 Å². The Balaban J connectivity index is -0.0000000985. The zero-order valence-electron chi connectivity index (χ0n) is 47.1. The average Bonchev–Trinajstić information content (AvgIpc) is 3.18. The summed E-state index contributed by atoms with van der Waals surface area (Å²) in [5.74, 6) is 0. The smallest absolute Gasteiger partial charge is 0.0661 e. The Labute approximate surface area is 418 Å². The highest BCUT2D eigenvalue weighted by Crippen LogP contribution is 1.81. The number of hydrogen-bond acceptors (Lipinski definition) is 8. The van der Waals surface area contributed by atoms with E-state index in [0.717, 1.165) is 0 Å². The largest absolute Gasteiger partial charge is 0.889 e. The van der Waals surface area contributed by atoms with Crippen molar-refractivity contribution in [3.63, 3.8) is 0 Å². The zero-order valence-corrected chi connectivity index (χ0v) is 47.1. The first-order valence-electron chi connectivity index (χ1n) is 22.7. The first-order valence-corrected chi connectivity index (χ1v) is 22.7. The second kappa shape index (κ2) is 59.6. The van der Waals surface area contributed by atoms with Crippen molar-refractivity contribution in [3.8, 4) is 0 Å². The van der Waals surface area contributed by atoms with Crippen LogP contribution in [0.5, 0.6) is 0 Å². The minimum atomic E-state index is -1.84. The van der Waals surface area contributed by atoms with E-state index in [0.29, 0.717) is 21.9 Å². The topological polar surface area (TPSA) is 220 Å². The molecule has 0 fully saturated rings. The van der Waals surface area contributed by atoms with Gasteiger partial charge in [-0.25, -0.2) is 0 Å². The molecule has 0 spiro atoms. The maximum atomic E-state index is 10.2. The fraction of sp³-hybridized carbons (Fsp3) is 0.500. The summed E-state index contributed by atoms with van der Waals surface area (Å²) in [5, 5.41) is 81.4. The molecule has 8 N–H and O–H groups in total. The number of rotatable bonds is 4. The van der Waals surface area contributed by atoms with Crippen LogP contribution in [0.25, 0.3) is 0 Å². The van der Waals surface area contributed by atoms with Crippen molar-refractivity contribution in [2.24, 2.45) is 0 Å². The Kier molecular flexibility index (Phi) is 71.4. The first-order chi connectivity index (χ1) is 31.1. The standard InChI is InChI=1S/4C6H5BO2.8C3H9N/c4*8-7(9)6-4-2-1-3-5-6;8*1-4(2)3/h4*1-5H;8*1-3H3/q4*-2;;;;;;;;/p+8. The van der Waals surface area contributed by atoms with E-state index in [9.17, 15) is 40.2 Å². The minimum absolute atomic E-state index is 0.303. The molecule has 0 saturated carbocycles. The van der Waals surface area contributed by atoms with Crippen LogP contribution in [0.4, 0.5) is 0 Å². The van der Waals surface area contributed by atoms with Crippen molar-refractivity contribution in [2.45, 2.75) is 0 Å². The second-order valence-corrected chi connectivity index (χ2v) is 19.0. The summed E-state index contributed by atoms with van der Waals surface area (Å²) in [6, 6.07) is 32.8. The lowest BCUT2D eigenvalue weighted by Crippen LogP contribution is -3.02. The average molecular weight is 961 g/mol. The normalized spacial score (nSPS) is 9.06. The molecule has 0 radical (unpaired) electrons. The lowest BCUT2D eigenvalue weighted by atomic mass is 9.81. The monoisotopic (exact) mass is 961 g/mol. The van der Waals surface area contributed by atoms with Gasteiger partial charge in [-0.1, -0.05) is 150 Å². The summed E-state index contributed by atoms with van der Waals surface area (Å²) in [4.78, 5) is 11.3. The van der Waals surface area contributed by atoms with Gasteiger partial charge in [0.2, 0.25) is 0 Å². The van der Waals surface area contributed by atoms with Crippen LogP contribution in [0.2, 0.25) is 0 Å². The second-order valence-electron chi connectivity index (χ2n) is 19.0. The molecule has 0 amide bonds. The van der Waals surface area contributed by atoms with Crippen LogP contribution in [-0.2, 0) is 0 Å². The molecular formula is C48H100B4N8O8. The maximum Gasteiger partial charge on any atom is 0.0661 e. The molecule has 0 unspecified atom stereocenters. The van der Waals surface area contributed by atoms with Gasteiger partial charge in [0.1, 0.15) is 0 Å². The molecule has 0 atom stereocenters.